The molecule has 2 rings (SSSR count). The maximum absolute atomic E-state index is 12.1. The highest BCUT2D eigenvalue weighted by molar-refractivity contribution is 5.78. The third kappa shape index (κ3) is 3.27. The van der Waals surface area contributed by atoms with Crippen LogP contribution in [-0.4, -0.2) is 42.0 Å². The number of pyridine rings is 1. The highest BCUT2D eigenvalue weighted by atomic mass is 16.2. The molecule has 1 aliphatic rings. The number of likely N-dealkylation sites (tertiary alicyclic amines) is 1. The SMILES string of the molecule is CNC1CCCN(C(=O)Cc2cccnc2)C1. The van der Waals surface area contributed by atoms with Crippen LogP contribution in [0.15, 0.2) is 24.5 Å². The topological polar surface area (TPSA) is 45.2 Å². The van der Waals surface area contributed by atoms with Gasteiger partial charge >= 0.3 is 0 Å². The van der Waals surface area contributed by atoms with E-state index < -0.39 is 0 Å². The molecule has 1 unspecified atom stereocenters. The summed E-state index contributed by atoms with van der Waals surface area (Å²) in [5.41, 5.74) is 0.990. The Kier molecular flexibility index (Phi) is 4.09. The van der Waals surface area contributed by atoms with Gasteiger partial charge in [-0.3, -0.25) is 9.78 Å². The lowest BCUT2D eigenvalue weighted by Gasteiger charge is -2.32. The van der Waals surface area contributed by atoms with Crippen molar-refractivity contribution in [2.24, 2.45) is 0 Å². The molecule has 1 saturated heterocycles. The first-order valence-corrected chi connectivity index (χ1v) is 6.13. The molecule has 1 aliphatic heterocycles. The summed E-state index contributed by atoms with van der Waals surface area (Å²) in [6.07, 6.45) is 6.20. The monoisotopic (exact) mass is 233 g/mol. The maximum atomic E-state index is 12.1. The van der Waals surface area contributed by atoms with Crippen molar-refractivity contribution in [3.8, 4) is 0 Å². The average Bonchev–Trinajstić information content (AvgIpc) is 2.40. The predicted octanol–water partition coefficient (Wildman–Crippen LogP) is 0.834. The number of aromatic nitrogens is 1. The first kappa shape index (κ1) is 12.0. The fraction of sp³-hybridized carbons (Fsp3) is 0.538. The Hall–Kier alpha value is -1.42. The van der Waals surface area contributed by atoms with Crippen molar-refractivity contribution in [1.29, 1.82) is 0 Å². The molecule has 0 aliphatic carbocycles. The van der Waals surface area contributed by atoms with Gasteiger partial charge in [0.1, 0.15) is 0 Å². The average molecular weight is 233 g/mol. The minimum atomic E-state index is 0.206. The fourth-order valence-corrected chi connectivity index (χ4v) is 2.23. The van der Waals surface area contributed by atoms with Gasteiger partial charge in [-0.1, -0.05) is 6.07 Å². The molecule has 0 spiro atoms. The molecule has 1 atom stereocenters. The largest absolute Gasteiger partial charge is 0.341 e. The lowest BCUT2D eigenvalue weighted by Crippen LogP contribution is -2.47. The van der Waals surface area contributed by atoms with E-state index in [2.05, 4.69) is 10.3 Å². The molecule has 4 heteroatoms. The summed E-state index contributed by atoms with van der Waals surface area (Å²) in [7, 11) is 1.96. The smallest absolute Gasteiger partial charge is 0.227 e. The summed E-state index contributed by atoms with van der Waals surface area (Å²) >= 11 is 0. The molecular weight excluding hydrogens is 214 g/mol. The van der Waals surface area contributed by atoms with E-state index >= 15 is 0 Å². The number of nitrogens with zero attached hydrogens (tertiary/aromatic N) is 2. The van der Waals surface area contributed by atoms with Gasteiger partial charge in [0.15, 0.2) is 0 Å². The van der Waals surface area contributed by atoms with Crippen LogP contribution in [0.1, 0.15) is 18.4 Å². The van der Waals surface area contributed by atoms with Gasteiger partial charge in [0.05, 0.1) is 6.42 Å². The normalized spacial score (nSPS) is 20.3. The van der Waals surface area contributed by atoms with E-state index in [1.807, 2.05) is 24.1 Å². The molecular formula is C13H19N3O. The first-order chi connectivity index (χ1) is 8.29. The summed E-state index contributed by atoms with van der Waals surface area (Å²) in [6.45, 7) is 1.72. The van der Waals surface area contributed by atoms with Crippen LogP contribution in [-0.2, 0) is 11.2 Å². The standard InChI is InChI=1S/C13H19N3O/c1-14-12-5-3-7-16(10-12)13(17)8-11-4-2-6-15-9-11/h2,4,6,9,12,14H,3,5,7-8,10H2,1H3. The zero-order valence-corrected chi connectivity index (χ0v) is 10.2. The van der Waals surface area contributed by atoms with Crippen molar-refractivity contribution >= 4 is 5.91 Å². The number of piperidine rings is 1. The molecule has 0 saturated carbocycles. The summed E-state index contributed by atoms with van der Waals surface area (Å²) < 4.78 is 0. The minimum Gasteiger partial charge on any atom is -0.341 e. The van der Waals surface area contributed by atoms with Gasteiger partial charge in [0.2, 0.25) is 5.91 Å². The van der Waals surface area contributed by atoms with E-state index in [1.165, 1.54) is 0 Å². The Balaban J connectivity index is 1.91. The van der Waals surface area contributed by atoms with Crippen LogP contribution in [0, 0.1) is 0 Å². The second kappa shape index (κ2) is 5.77. The Labute approximate surface area is 102 Å². The number of rotatable bonds is 3. The molecule has 0 aromatic carbocycles. The Morgan fingerprint density at radius 1 is 1.65 bits per heavy atom. The number of carbonyl (C=O) groups excluding carboxylic acids is 1. The van der Waals surface area contributed by atoms with Gasteiger partial charge in [-0.15, -0.1) is 0 Å². The van der Waals surface area contributed by atoms with E-state index in [9.17, 15) is 4.79 Å². The number of nitrogens with one attached hydrogen (secondary N) is 1. The molecule has 2 heterocycles. The van der Waals surface area contributed by atoms with Gasteiger partial charge in [0, 0.05) is 31.5 Å². The van der Waals surface area contributed by atoms with Gasteiger partial charge in [-0.05, 0) is 31.5 Å². The van der Waals surface area contributed by atoms with Crippen molar-refractivity contribution in [2.45, 2.75) is 25.3 Å². The molecule has 1 amide bonds. The van der Waals surface area contributed by atoms with Crippen LogP contribution >= 0.6 is 0 Å². The Bertz CT molecular complexity index is 366. The molecule has 1 fully saturated rings. The number of hydrogen-bond donors (Lipinski definition) is 1. The number of amides is 1. The van der Waals surface area contributed by atoms with Crippen LogP contribution < -0.4 is 5.32 Å². The molecule has 1 aromatic rings. The Morgan fingerprint density at radius 3 is 3.24 bits per heavy atom. The quantitative estimate of drug-likeness (QED) is 0.841. The fourth-order valence-electron chi connectivity index (χ4n) is 2.23. The van der Waals surface area contributed by atoms with E-state index in [4.69, 9.17) is 0 Å². The van der Waals surface area contributed by atoms with E-state index in [1.54, 1.807) is 12.4 Å². The second-order valence-corrected chi connectivity index (χ2v) is 4.51. The van der Waals surface area contributed by atoms with Crippen molar-refractivity contribution in [3.63, 3.8) is 0 Å². The molecule has 92 valence electrons. The van der Waals surface area contributed by atoms with Crippen molar-refractivity contribution in [3.05, 3.63) is 30.1 Å². The molecule has 0 radical (unpaired) electrons. The highest BCUT2D eigenvalue weighted by Gasteiger charge is 2.22. The summed E-state index contributed by atoms with van der Waals surface area (Å²) in [5, 5.41) is 3.25. The third-order valence-electron chi connectivity index (χ3n) is 3.26. The lowest BCUT2D eigenvalue weighted by atomic mass is 10.0. The number of hydrogen-bond acceptors (Lipinski definition) is 3. The molecule has 17 heavy (non-hydrogen) atoms. The second-order valence-electron chi connectivity index (χ2n) is 4.51. The van der Waals surface area contributed by atoms with Crippen molar-refractivity contribution in [2.75, 3.05) is 20.1 Å². The van der Waals surface area contributed by atoms with Crippen LogP contribution in [0.5, 0.6) is 0 Å². The first-order valence-electron chi connectivity index (χ1n) is 6.13. The summed E-state index contributed by atoms with van der Waals surface area (Å²) in [6, 6.07) is 4.26. The molecule has 1 aromatic heterocycles. The van der Waals surface area contributed by atoms with E-state index in [0.717, 1.165) is 31.5 Å². The van der Waals surface area contributed by atoms with Gasteiger partial charge in [0.25, 0.3) is 0 Å². The van der Waals surface area contributed by atoms with Gasteiger partial charge in [-0.25, -0.2) is 0 Å². The van der Waals surface area contributed by atoms with E-state index in [-0.39, 0.29) is 5.91 Å². The third-order valence-corrected chi connectivity index (χ3v) is 3.26. The van der Waals surface area contributed by atoms with Crippen molar-refractivity contribution < 1.29 is 4.79 Å². The lowest BCUT2D eigenvalue weighted by molar-refractivity contribution is -0.131. The molecule has 0 bridgehead atoms. The highest BCUT2D eigenvalue weighted by Crippen LogP contribution is 2.11. The van der Waals surface area contributed by atoms with Crippen LogP contribution in [0.2, 0.25) is 0 Å². The zero-order valence-electron chi connectivity index (χ0n) is 10.2. The van der Waals surface area contributed by atoms with Crippen LogP contribution in [0.25, 0.3) is 0 Å². The number of likely N-dealkylation sites (N-methyl/N-ethyl adjacent to an activating group) is 1. The maximum Gasteiger partial charge on any atom is 0.227 e. The van der Waals surface area contributed by atoms with Crippen LogP contribution in [0.4, 0.5) is 0 Å². The molecule has 1 N–H and O–H groups in total. The van der Waals surface area contributed by atoms with Crippen molar-refractivity contribution in [1.82, 2.24) is 15.2 Å². The van der Waals surface area contributed by atoms with E-state index in [0.29, 0.717) is 12.5 Å². The summed E-state index contributed by atoms with van der Waals surface area (Å²) in [4.78, 5) is 18.1. The number of carbonyl (C=O) groups is 1. The van der Waals surface area contributed by atoms with Gasteiger partial charge in [-0.2, -0.15) is 0 Å². The van der Waals surface area contributed by atoms with Gasteiger partial charge < -0.3 is 10.2 Å². The summed E-state index contributed by atoms with van der Waals surface area (Å²) in [5.74, 6) is 0.206. The predicted molar refractivity (Wildman–Crippen MR) is 66.6 cm³/mol. The molecule has 4 nitrogen and oxygen atoms in total. The zero-order chi connectivity index (χ0) is 12.1. The Morgan fingerprint density at radius 2 is 2.53 bits per heavy atom. The minimum absolute atomic E-state index is 0.206. The van der Waals surface area contributed by atoms with Crippen LogP contribution in [0.3, 0.4) is 0 Å².